The number of carbonyl (C=O) groups excluding carboxylic acids is 4. The number of aryl methyl sites for hydroxylation is 1. The highest BCUT2D eigenvalue weighted by Gasteiger charge is 2.44. The van der Waals surface area contributed by atoms with Crippen molar-refractivity contribution in [1.29, 1.82) is 0 Å². The summed E-state index contributed by atoms with van der Waals surface area (Å²) in [4.78, 5) is 69.0. The molecule has 3 aromatic heterocycles. The second kappa shape index (κ2) is 27.6. The van der Waals surface area contributed by atoms with Crippen LogP contribution in [0.15, 0.2) is 48.4 Å². The predicted octanol–water partition coefficient (Wildman–Crippen LogP) is 4.04. The Balaban J connectivity index is 0.673. The molecule has 4 N–H and O–H groups in total. The van der Waals surface area contributed by atoms with Crippen LogP contribution in [0.25, 0.3) is 16.0 Å². The molecule has 0 spiro atoms. The molecule has 7 rings (SSSR count). The number of hydrogen-bond acceptors (Lipinski definition) is 16. The number of nitrogens with one attached hydrogen (secondary N) is 3. The van der Waals surface area contributed by atoms with E-state index in [1.165, 1.54) is 10.5 Å². The third kappa shape index (κ3) is 16.0. The van der Waals surface area contributed by atoms with Crippen LogP contribution in [0.2, 0.25) is 0 Å². The summed E-state index contributed by atoms with van der Waals surface area (Å²) in [6, 6.07) is 9.05. The Labute approximate surface area is 439 Å². The van der Waals surface area contributed by atoms with E-state index in [0.29, 0.717) is 70.7 Å². The van der Waals surface area contributed by atoms with E-state index in [2.05, 4.69) is 55.8 Å². The summed E-state index contributed by atoms with van der Waals surface area (Å²) >= 11 is 1.57. The standard InChI is InChI=1S/C53H78N10O10S/c1-36(2)43-15-16-63-47(43)50(55-34-57-63)58-40-11-13-41(14-12-40)60-17-19-61(20-18-60)46(66)33-73-28-26-71-24-22-69-21-23-70-25-27-72-32-45(65)59-49(53(4,5)6)52(68)62-31-42(64)29-44(62)51(67)54-30-38-7-9-39(10-8-38)48-37(3)56-35-74-48/h7-10,15-16,34-36,40-42,44,49,64H,11-14,17-33H2,1-6H3,(H,54,67)(H,59,65)(H,55,57,58)/t40?,41?,42-,44+,49-/m1/s1. The van der Waals surface area contributed by atoms with Gasteiger partial charge in [-0.3, -0.25) is 24.1 Å². The third-order valence-corrected chi connectivity index (χ3v) is 15.0. The van der Waals surface area contributed by atoms with Crippen molar-refractivity contribution >= 4 is 46.3 Å². The van der Waals surface area contributed by atoms with Gasteiger partial charge in [0.1, 0.15) is 37.1 Å². The average molecular weight is 1050 g/mol. The summed E-state index contributed by atoms with van der Waals surface area (Å²) in [5, 5.41) is 24.4. The van der Waals surface area contributed by atoms with Gasteiger partial charge in [0, 0.05) is 64.0 Å². The number of aliphatic hydroxyl groups is 1. The second-order valence-corrected chi connectivity index (χ2v) is 21.6. The second-order valence-electron chi connectivity index (χ2n) is 20.8. The summed E-state index contributed by atoms with van der Waals surface area (Å²) < 4.78 is 29.8. The number of nitrogens with zero attached hydrogens (tertiary/aromatic N) is 7. The number of piperazine rings is 1. The molecule has 5 heterocycles. The first-order valence-corrected chi connectivity index (χ1v) is 27.1. The molecule has 0 bridgehead atoms. The van der Waals surface area contributed by atoms with Crippen LogP contribution in [0.3, 0.4) is 0 Å². The lowest BCUT2D eigenvalue weighted by Crippen LogP contribution is -2.58. The maximum atomic E-state index is 13.9. The fourth-order valence-electron chi connectivity index (χ4n) is 9.84. The molecule has 4 aromatic rings. The lowest BCUT2D eigenvalue weighted by Gasteiger charge is -2.42. The van der Waals surface area contributed by atoms with Gasteiger partial charge in [-0.2, -0.15) is 5.10 Å². The van der Waals surface area contributed by atoms with Crippen molar-refractivity contribution in [3.63, 3.8) is 0 Å². The van der Waals surface area contributed by atoms with Crippen LogP contribution in [-0.2, 0) is 49.4 Å². The van der Waals surface area contributed by atoms with Gasteiger partial charge in [-0.05, 0) is 66.7 Å². The Morgan fingerprint density at radius 2 is 1.46 bits per heavy atom. The summed E-state index contributed by atoms with van der Waals surface area (Å²) in [5.41, 5.74) is 6.34. The van der Waals surface area contributed by atoms with Gasteiger partial charge in [-0.15, -0.1) is 11.3 Å². The van der Waals surface area contributed by atoms with Gasteiger partial charge >= 0.3 is 0 Å². The van der Waals surface area contributed by atoms with E-state index in [9.17, 15) is 24.3 Å². The molecule has 21 heteroatoms. The number of thiazole rings is 1. The largest absolute Gasteiger partial charge is 0.391 e. The monoisotopic (exact) mass is 1050 g/mol. The van der Waals surface area contributed by atoms with Crippen LogP contribution < -0.4 is 16.0 Å². The highest BCUT2D eigenvalue weighted by molar-refractivity contribution is 7.13. The van der Waals surface area contributed by atoms with E-state index in [0.717, 1.165) is 71.8 Å². The molecule has 1 aromatic carbocycles. The highest BCUT2D eigenvalue weighted by atomic mass is 32.1. The fourth-order valence-corrected chi connectivity index (χ4v) is 10.7. The van der Waals surface area contributed by atoms with Crippen molar-refractivity contribution < 1.29 is 48.0 Å². The number of β-amino-alcohol motifs (C(OH)–C–C–N with tert-alkyl or cyclic N) is 1. The van der Waals surface area contributed by atoms with E-state index in [-0.39, 0.29) is 57.8 Å². The minimum atomic E-state index is -0.965. The number of fused-ring (bicyclic) bond motifs is 1. The number of ether oxygens (including phenoxy) is 5. The Hall–Kier alpha value is -5.13. The molecule has 1 saturated carbocycles. The molecule has 3 aliphatic rings. The number of likely N-dealkylation sites (tertiary alicyclic amines) is 1. The minimum absolute atomic E-state index is 0.00700. The molecule has 74 heavy (non-hydrogen) atoms. The smallest absolute Gasteiger partial charge is 0.248 e. The maximum Gasteiger partial charge on any atom is 0.248 e. The number of aliphatic hydroxyl groups excluding tert-OH is 1. The SMILES string of the molecule is Cc1ncsc1-c1ccc(CNC(=O)[C@@H]2C[C@@H](O)CN2C(=O)[C@@H](NC(=O)COCCOCCOCCOCCOCC(=O)N2CCN(C3CCC(Nc4ncnn5ccc(C(C)C)c45)CC3)CC2)C(C)(C)C)cc1. The number of hydrogen-bond donors (Lipinski definition) is 4. The Morgan fingerprint density at radius 1 is 0.824 bits per heavy atom. The average Bonchev–Trinajstić information content (AvgIpc) is 4.14. The van der Waals surface area contributed by atoms with Gasteiger partial charge in [0.2, 0.25) is 23.6 Å². The number of benzene rings is 1. The number of rotatable bonds is 26. The first kappa shape index (κ1) is 56.6. The fraction of sp³-hybridized carbons (Fsp3) is 0.642. The first-order valence-electron chi connectivity index (χ1n) is 26.2. The van der Waals surface area contributed by atoms with Gasteiger partial charge in [0.15, 0.2) is 5.82 Å². The van der Waals surface area contributed by atoms with Crippen LogP contribution in [0.1, 0.15) is 89.5 Å². The molecular weight excluding hydrogens is 969 g/mol. The zero-order valence-electron chi connectivity index (χ0n) is 44.1. The maximum absolute atomic E-state index is 13.9. The topological polar surface area (TPSA) is 224 Å². The van der Waals surface area contributed by atoms with Crippen LogP contribution in [-0.4, -0.2) is 192 Å². The van der Waals surface area contributed by atoms with Crippen molar-refractivity contribution in [1.82, 2.24) is 44.9 Å². The van der Waals surface area contributed by atoms with Gasteiger partial charge in [0.25, 0.3) is 0 Å². The van der Waals surface area contributed by atoms with Crippen LogP contribution >= 0.6 is 11.3 Å². The predicted molar refractivity (Wildman–Crippen MR) is 281 cm³/mol. The molecule has 0 radical (unpaired) electrons. The molecule has 4 amide bonds. The minimum Gasteiger partial charge on any atom is -0.391 e. The third-order valence-electron chi connectivity index (χ3n) is 14.0. The molecule has 2 aliphatic heterocycles. The van der Waals surface area contributed by atoms with Gasteiger partial charge in [-0.1, -0.05) is 58.9 Å². The van der Waals surface area contributed by atoms with E-state index < -0.39 is 35.4 Å². The van der Waals surface area contributed by atoms with E-state index in [1.54, 1.807) is 17.7 Å². The Kier molecular flexibility index (Phi) is 21.1. The number of aromatic nitrogens is 4. The van der Waals surface area contributed by atoms with Crippen LogP contribution in [0.5, 0.6) is 0 Å². The summed E-state index contributed by atoms with van der Waals surface area (Å²) in [6.07, 6.45) is 7.24. The Bertz CT molecular complexity index is 2410. The Morgan fingerprint density at radius 3 is 2.07 bits per heavy atom. The molecule has 20 nitrogen and oxygen atoms in total. The molecule has 0 unspecified atom stereocenters. The van der Waals surface area contributed by atoms with E-state index in [4.69, 9.17) is 23.7 Å². The van der Waals surface area contributed by atoms with Crippen molar-refractivity contribution in [2.24, 2.45) is 5.41 Å². The van der Waals surface area contributed by atoms with E-state index in [1.807, 2.05) is 73.1 Å². The van der Waals surface area contributed by atoms with Crippen LogP contribution in [0.4, 0.5) is 5.82 Å². The van der Waals surface area contributed by atoms with Gasteiger partial charge in [0.05, 0.1) is 75.0 Å². The van der Waals surface area contributed by atoms with Crippen molar-refractivity contribution in [3.05, 3.63) is 65.2 Å². The van der Waals surface area contributed by atoms with Gasteiger partial charge < -0.3 is 54.5 Å². The van der Waals surface area contributed by atoms with Crippen molar-refractivity contribution in [3.8, 4) is 10.4 Å². The lowest BCUT2D eigenvalue weighted by atomic mass is 9.85. The lowest BCUT2D eigenvalue weighted by molar-refractivity contribution is -0.144. The number of carbonyl (C=O) groups is 4. The van der Waals surface area contributed by atoms with Gasteiger partial charge in [-0.25, -0.2) is 14.5 Å². The molecule has 1 aliphatic carbocycles. The highest BCUT2D eigenvalue weighted by Crippen LogP contribution is 2.31. The summed E-state index contributed by atoms with van der Waals surface area (Å²) in [7, 11) is 0. The first-order chi connectivity index (χ1) is 35.7. The van der Waals surface area contributed by atoms with Crippen molar-refractivity contribution in [2.45, 2.75) is 116 Å². The molecular formula is C53H78N10O10S. The zero-order valence-corrected chi connectivity index (χ0v) is 44.9. The summed E-state index contributed by atoms with van der Waals surface area (Å²) in [5.74, 6) is 0.0121. The van der Waals surface area contributed by atoms with Crippen molar-refractivity contribution in [2.75, 3.05) is 104 Å². The number of anilines is 1. The molecule has 406 valence electrons. The zero-order chi connectivity index (χ0) is 52.6. The molecule has 2 saturated heterocycles. The van der Waals surface area contributed by atoms with Crippen LogP contribution in [0, 0.1) is 12.3 Å². The summed E-state index contributed by atoms with van der Waals surface area (Å²) in [6.45, 7) is 17.5. The quantitative estimate of drug-likeness (QED) is 0.0652. The molecule has 3 fully saturated rings. The van der Waals surface area contributed by atoms with E-state index >= 15 is 0 Å². The normalized spacial score (nSPS) is 20.1. The molecule has 3 atom stereocenters. The number of amides is 4.